The molecule has 0 radical (unpaired) electrons. The molecule has 0 aliphatic rings. The first-order valence-electron chi connectivity index (χ1n) is 8.96. The van der Waals surface area contributed by atoms with E-state index in [0.717, 1.165) is 10.2 Å². The third-order valence-corrected chi connectivity index (χ3v) is 5.47. The van der Waals surface area contributed by atoms with Gasteiger partial charge < -0.3 is 4.74 Å². The number of non-ortho nitro benzene ring substituents is 1. The summed E-state index contributed by atoms with van der Waals surface area (Å²) < 4.78 is 6.15. The first-order valence-corrected chi connectivity index (χ1v) is 9.77. The summed E-state index contributed by atoms with van der Waals surface area (Å²) >= 11 is 1.36. The smallest absolute Gasteiger partial charge is 0.269 e. The molecule has 8 nitrogen and oxygen atoms in total. The molecule has 1 amide bonds. The van der Waals surface area contributed by atoms with Gasteiger partial charge in [0, 0.05) is 23.9 Å². The molecule has 0 unspecified atom stereocenters. The number of nitro groups is 1. The second-order valence-corrected chi connectivity index (χ2v) is 7.36. The highest BCUT2D eigenvalue weighted by Crippen LogP contribution is 2.33. The summed E-state index contributed by atoms with van der Waals surface area (Å²) in [7, 11) is 1.59. The van der Waals surface area contributed by atoms with E-state index in [4.69, 9.17) is 4.74 Å². The number of thiazole rings is 1. The number of nitrogens with zero attached hydrogens (tertiary/aromatic N) is 4. The Morgan fingerprint density at radius 3 is 2.63 bits per heavy atom. The van der Waals surface area contributed by atoms with Crippen molar-refractivity contribution in [3.8, 4) is 5.75 Å². The largest absolute Gasteiger partial charge is 0.497 e. The minimum atomic E-state index is -0.499. The van der Waals surface area contributed by atoms with Crippen molar-refractivity contribution >= 4 is 38.3 Å². The van der Waals surface area contributed by atoms with Crippen molar-refractivity contribution in [3.05, 3.63) is 88.2 Å². The number of hydrogen-bond donors (Lipinski definition) is 0. The molecule has 2 aromatic carbocycles. The van der Waals surface area contributed by atoms with Gasteiger partial charge in [-0.1, -0.05) is 17.4 Å². The summed E-state index contributed by atoms with van der Waals surface area (Å²) in [6, 6.07) is 16.5. The average Bonchev–Trinajstić information content (AvgIpc) is 3.20. The van der Waals surface area contributed by atoms with Gasteiger partial charge in [-0.2, -0.15) is 0 Å². The normalized spacial score (nSPS) is 10.7. The highest BCUT2D eigenvalue weighted by molar-refractivity contribution is 7.22. The van der Waals surface area contributed by atoms with Crippen molar-refractivity contribution in [2.45, 2.75) is 6.54 Å². The van der Waals surface area contributed by atoms with Crippen molar-refractivity contribution in [2.75, 3.05) is 12.0 Å². The number of methoxy groups -OCH3 is 1. The Morgan fingerprint density at radius 1 is 1.17 bits per heavy atom. The second kappa shape index (κ2) is 8.26. The molecule has 4 aromatic rings. The lowest BCUT2D eigenvalue weighted by Gasteiger charge is -2.19. The lowest BCUT2D eigenvalue weighted by atomic mass is 10.2. The van der Waals surface area contributed by atoms with Crippen LogP contribution in [0.25, 0.3) is 10.2 Å². The van der Waals surface area contributed by atoms with Crippen molar-refractivity contribution < 1.29 is 14.5 Å². The molecule has 0 saturated carbocycles. The molecule has 0 atom stereocenters. The van der Waals surface area contributed by atoms with Crippen molar-refractivity contribution in [1.29, 1.82) is 0 Å². The molecule has 0 saturated heterocycles. The SMILES string of the molecule is COc1ccc2nc(N(Cc3ccccn3)C(=O)c3ccc([N+](=O)[O-])cc3)sc2c1. The van der Waals surface area contributed by atoms with Crippen LogP contribution in [0.2, 0.25) is 0 Å². The Balaban J connectivity index is 1.74. The van der Waals surface area contributed by atoms with Gasteiger partial charge in [0.2, 0.25) is 0 Å². The molecule has 0 N–H and O–H groups in total. The quantitative estimate of drug-likeness (QED) is 0.337. The molecule has 0 aliphatic heterocycles. The number of aromatic nitrogens is 2. The number of nitro benzene ring substituents is 1. The summed E-state index contributed by atoms with van der Waals surface area (Å²) in [4.78, 5) is 34.2. The van der Waals surface area contributed by atoms with Crippen LogP contribution in [-0.2, 0) is 6.54 Å². The summed E-state index contributed by atoms with van der Waals surface area (Å²) in [5.41, 5.74) is 1.70. The highest BCUT2D eigenvalue weighted by atomic mass is 32.1. The molecule has 0 spiro atoms. The monoisotopic (exact) mass is 420 g/mol. The average molecular weight is 420 g/mol. The maximum absolute atomic E-state index is 13.3. The van der Waals surface area contributed by atoms with Crippen molar-refractivity contribution in [1.82, 2.24) is 9.97 Å². The fourth-order valence-corrected chi connectivity index (χ4v) is 3.89. The Morgan fingerprint density at radius 2 is 1.97 bits per heavy atom. The fraction of sp³-hybridized carbons (Fsp3) is 0.0952. The van der Waals surface area contributed by atoms with Crippen LogP contribution in [0, 0.1) is 10.1 Å². The lowest BCUT2D eigenvalue weighted by Crippen LogP contribution is -2.30. The summed E-state index contributed by atoms with van der Waals surface area (Å²) in [5, 5.41) is 11.4. The van der Waals surface area contributed by atoms with E-state index in [1.54, 1.807) is 19.4 Å². The van der Waals surface area contributed by atoms with Crippen LogP contribution in [0.1, 0.15) is 16.1 Å². The first kappa shape index (κ1) is 19.5. The van der Waals surface area contributed by atoms with E-state index in [-0.39, 0.29) is 18.1 Å². The molecular weight excluding hydrogens is 404 g/mol. The third-order valence-electron chi connectivity index (χ3n) is 4.43. The van der Waals surface area contributed by atoms with E-state index >= 15 is 0 Å². The van der Waals surface area contributed by atoms with E-state index in [2.05, 4.69) is 9.97 Å². The topological polar surface area (TPSA) is 98.5 Å². The molecule has 0 fully saturated rings. The van der Waals surface area contributed by atoms with E-state index in [9.17, 15) is 14.9 Å². The standard InChI is InChI=1S/C21H16N4O4S/c1-29-17-9-10-18-19(12-17)30-21(23-18)24(13-15-4-2-3-11-22-15)20(26)14-5-7-16(8-6-14)25(27)28/h2-12H,13H2,1H3. The summed E-state index contributed by atoms with van der Waals surface area (Å²) in [6.45, 7) is 0.216. The molecule has 0 bridgehead atoms. The van der Waals surface area contributed by atoms with E-state index < -0.39 is 4.92 Å². The molecule has 30 heavy (non-hydrogen) atoms. The number of anilines is 1. The Bertz CT molecular complexity index is 1210. The second-order valence-electron chi connectivity index (χ2n) is 6.35. The Kier molecular flexibility index (Phi) is 5.36. The molecule has 4 rings (SSSR count). The van der Waals surface area contributed by atoms with Gasteiger partial charge in [-0.05, 0) is 42.5 Å². The number of ether oxygens (including phenoxy) is 1. The minimum Gasteiger partial charge on any atom is -0.497 e. The first-order chi connectivity index (χ1) is 14.5. The summed E-state index contributed by atoms with van der Waals surface area (Å²) in [6.07, 6.45) is 1.66. The number of carbonyl (C=O) groups is 1. The van der Waals surface area contributed by atoms with Gasteiger partial charge in [-0.15, -0.1) is 0 Å². The minimum absolute atomic E-state index is 0.0742. The van der Waals surface area contributed by atoms with Crippen LogP contribution in [-0.4, -0.2) is 27.9 Å². The zero-order valence-corrected chi connectivity index (χ0v) is 16.7. The van der Waals surface area contributed by atoms with Crippen molar-refractivity contribution in [2.24, 2.45) is 0 Å². The van der Waals surface area contributed by atoms with Gasteiger partial charge in [0.05, 0.1) is 34.5 Å². The number of pyridine rings is 1. The molecule has 150 valence electrons. The van der Waals surface area contributed by atoms with Crippen LogP contribution in [0.4, 0.5) is 10.8 Å². The zero-order chi connectivity index (χ0) is 21.1. The summed E-state index contributed by atoms with van der Waals surface area (Å²) in [5.74, 6) is 0.386. The van der Waals surface area contributed by atoms with Crippen LogP contribution < -0.4 is 9.64 Å². The van der Waals surface area contributed by atoms with Gasteiger partial charge >= 0.3 is 0 Å². The Labute approximate surface area is 175 Å². The van der Waals surface area contributed by atoms with Crippen LogP contribution >= 0.6 is 11.3 Å². The van der Waals surface area contributed by atoms with Gasteiger partial charge in [-0.3, -0.25) is 24.8 Å². The van der Waals surface area contributed by atoms with E-state index in [0.29, 0.717) is 22.1 Å². The van der Waals surface area contributed by atoms with Crippen LogP contribution in [0.5, 0.6) is 5.75 Å². The zero-order valence-electron chi connectivity index (χ0n) is 15.9. The number of benzene rings is 2. The van der Waals surface area contributed by atoms with Gasteiger partial charge in [0.1, 0.15) is 5.75 Å². The fourth-order valence-electron chi connectivity index (χ4n) is 2.90. The van der Waals surface area contributed by atoms with E-state index in [1.807, 2.05) is 30.3 Å². The molecule has 0 aliphatic carbocycles. The van der Waals surface area contributed by atoms with Crippen molar-refractivity contribution in [3.63, 3.8) is 0 Å². The maximum atomic E-state index is 13.3. The number of fused-ring (bicyclic) bond motifs is 1. The number of hydrogen-bond acceptors (Lipinski definition) is 7. The van der Waals surface area contributed by atoms with Gasteiger partial charge in [0.15, 0.2) is 5.13 Å². The maximum Gasteiger partial charge on any atom is 0.269 e. The third kappa shape index (κ3) is 3.96. The molecule has 2 heterocycles. The Hall–Kier alpha value is -3.85. The lowest BCUT2D eigenvalue weighted by molar-refractivity contribution is -0.384. The highest BCUT2D eigenvalue weighted by Gasteiger charge is 2.23. The molecule has 9 heteroatoms. The molecular formula is C21H16N4O4S. The predicted molar refractivity (Wildman–Crippen MR) is 114 cm³/mol. The predicted octanol–water partition coefficient (Wildman–Crippen LogP) is 4.46. The van der Waals surface area contributed by atoms with Crippen LogP contribution in [0.3, 0.4) is 0 Å². The van der Waals surface area contributed by atoms with Crippen LogP contribution in [0.15, 0.2) is 66.9 Å². The molecule has 2 aromatic heterocycles. The number of carbonyl (C=O) groups excluding carboxylic acids is 1. The van der Waals surface area contributed by atoms with E-state index in [1.165, 1.54) is 40.5 Å². The number of rotatable bonds is 6. The number of amides is 1. The van der Waals surface area contributed by atoms with Gasteiger partial charge in [0.25, 0.3) is 11.6 Å². The van der Waals surface area contributed by atoms with Gasteiger partial charge in [-0.25, -0.2) is 4.98 Å².